The third kappa shape index (κ3) is 3.73. The number of hydrogen-bond donors (Lipinski definition) is 2. The number of aliphatic carboxylic acids is 1. The number of likely N-dealkylation sites (N-methyl/N-ethyl adjacent to an activating group) is 1. The summed E-state index contributed by atoms with van der Waals surface area (Å²) < 4.78 is 0. The monoisotopic (exact) mass is 251 g/mol. The van der Waals surface area contributed by atoms with Crippen LogP contribution in [0.15, 0.2) is 24.5 Å². The maximum atomic E-state index is 11.8. The molecule has 0 saturated heterocycles. The summed E-state index contributed by atoms with van der Waals surface area (Å²) >= 11 is 0. The van der Waals surface area contributed by atoms with Gasteiger partial charge in [0.15, 0.2) is 0 Å². The average Bonchev–Trinajstić information content (AvgIpc) is 2.37. The molecular weight excluding hydrogens is 234 g/mol. The Balaban J connectivity index is 2.52. The Morgan fingerprint density at radius 3 is 2.78 bits per heavy atom. The molecule has 1 heterocycles. The molecule has 18 heavy (non-hydrogen) atoms. The Hall–Kier alpha value is -2.11. The molecule has 0 aromatic carbocycles. The fourth-order valence-electron chi connectivity index (χ4n) is 1.56. The van der Waals surface area contributed by atoms with Crippen molar-refractivity contribution in [3.05, 3.63) is 30.1 Å². The van der Waals surface area contributed by atoms with Crippen molar-refractivity contribution in [2.24, 2.45) is 0 Å². The van der Waals surface area contributed by atoms with Crippen molar-refractivity contribution in [3.8, 4) is 0 Å². The smallest absolute Gasteiger partial charge is 0.326 e. The molecule has 0 saturated carbocycles. The van der Waals surface area contributed by atoms with E-state index in [0.717, 1.165) is 5.56 Å². The standard InChI is InChI=1S/C12H17N3O3/c1-3-10(11(16)17)15(2)12(18)14-8-9-5-4-6-13-7-9/h4-7,10H,3,8H2,1-2H3,(H,14,18)(H,16,17). The van der Waals surface area contributed by atoms with Crippen molar-refractivity contribution in [3.63, 3.8) is 0 Å². The van der Waals surface area contributed by atoms with E-state index in [1.165, 1.54) is 11.9 Å². The largest absolute Gasteiger partial charge is 0.480 e. The molecule has 0 fully saturated rings. The van der Waals surface area contributed by atoms with Crippen molar-refractivity contribution < 1.29 is 14.7 Å². The number of carbonyl (C=O) groups excluding carboxylic acids is 1. The van der Waals surface area contributed by atoms with Gasteiger partial charge in [0.2, 0.25) is 0 Å². The van der Waals surface area contributed by atoms with Crippen LogP contribution >= 0.6 is 0 Å². The number of carbonyl (C=O) groups is 2. The lowest BCUT2D eigenvalue weighted by Gasteiger charge is -2.23. The molecule has 1 atom stereocenters. The molecule has 0 aliphatic heterocycles. The van der Waals surface area contributed by atoms with E-state index in [0.29, 0.717) is 13.0 Å². The molecule has 1 rings (SSSR count). The van der Waals surface area contributed by atoms with Crippen LogP contribution in [-0.4, -0.2) is 40.1 Å². The van der Waals surface area contributed by atoms with Gasteiger partial charge in [-0.2, -0.15) is 0 Å². The second kappa shape index (κ2) is 6.58. The van der Waals surface area contributed by atoms with Gasteiger partial charge in [0, 0.05) is 26.0 Å². The van der Waals surface area contributed by atoms with E-state index >= 15 is 0 Å². The van der Waals surface area contributed by atoms with Gasteiger partial charge in [-0.3, -0.25) is 4.98 Å². The minimum atomic E-state index is -1.00. The Kier molecular flexibility index (Phi) is 5.10. The third-order valence-corrected chi connectivity index (χ3v) is 2.63. The van der Waals surface area contributed by atoms with E-state index in [9.17, 15) is 9.59 Å². The van der Waals surface area contributed by atoms with Gasteiger partial charge in [0.05, 0.1) is 0 Å². The molecule has 1 unspecified atom stereocenters. The lowest BCUT2D eigenvalue weighted by Crippen LogP contribution is -2.46. The molecule has 6 nitrogen and oxygen atoms in total. The highest BCUT2D eigenvalue weighted by atomic mass is 16.4. The normalized spacial score (nSPS) is 11.7. The molecule has 0 spiro atoms. The Bertz CT molecular complexity index is 408. The molecule has 0 aliphatic rings. The van der Waals surface area contributed by atoms with Gasteiger partial charge in [-0.1, -0.05) is 13.0 Å². The summed E-state index contributed by atoms with van der Waals surface area (Å²) in [6.07, 6.45) is 3.66. The summed E-state index contributed by atoms with van der Waals surface area (Å²) in [4.78, 5) is 27.8. The summed E-state index contributed by atoms with van der Waals surface area (Å²) in [6, 6.07) is 2.39. The van der Waals surface area contributed by atoms with Crippen molar-refractivity contribution in [2.75, 3.05) is 7.05 Å². The van der Waals surface area contributed by atoms with Gasteiger partial charge >= 0.3 is 12.0 Å². The summed E-state index contributed by atoms with van der Waals surface area (Å²) in [6.45, 7) is 2.05. The predicted octanol–water partition coefficient (Wildman–Crippen LogP) is 1.09. The number of nitrogens with one attached hydrogen (secondary N) is 1. The number of pyridine rings is 1. The van der Waals surface area contributed by atoms with E-state index in [2.05, 4.69) is 10.3 Å². The number of carboxylic acids is 1. The van der Waals surface area contributed by atoms with Gasteiger partial charge in [0.25, 0.3) is 0 Å². The fourth-order valence-corrected chi connectivity index (χ4v) is 1.56. The Morgan fingerprint density at radius 2 is 2.28 bits per heavy atom. The number of aromatic nitrogens is 1. The summed E-state index contributed by atoms with van der Waals surface area (Å²) in [5, 5.41) is 11.6. The SMILES string of the molecule is CCC(C(=O)O)N(C)C(=O)NCc1cccnc1. The highest BCUT2D eigenvalue weighted by Gasteiger charge is 2.24. The zero-order valence-electron chi connectivity index (χ0n) is 10.5. The lowest BCUT2D eigenvalue weighted by molar-refractivity contribution is -0.141. The van der Waals surface area contributed by atoms with Crippen molar-refractivity contribution in [1.82, 2.24) is 15.2 Å². The highest BCUT2D eigenvalue weighted by molar-refractivity contribution is 5.82. The van der Waals surface area contributed by atoms with Gasteiger partial charge < -0.3 is 15.3 Å². The minimum Gasteiger partial charge on any atom is -0.480 e. The maximum Gasteiger partial charge on any atom is 0.326 e. The molecule has 98 valence electrons. The van der Waals surface area contributed by atoms with Crippen LogP contribution in [0.25, 0.3) is 0 Å². The van der Waals surface area contributed by atoms with Crippen LogP contribution in [0.1, 0.15) is 18.9 Å². The first-order chi connectivity index (χ1) is 8.56. The quantitative estimate of drug-likeness (QED) is 0.820. The minimum absolute atomic E-state index is 0.326. The lowest BCUT2D eigenvalue weighted by atomic mass is 10.2. The Morgan fingerprint density at radius 1 is 1.56 bits per heavy atom. The van der Waals surface area contributed by atoms with Crippen molar-refractivity contribution in [2.45, 2.75) is 25.9 Å². The van der Waals surface area contributed by atoms with Gasteiger partial charge in [-0.15, -0.1) is 0 Å². The second-order valence-corrected chi connectivity index (χ2v) is 3.89. The number of urea groups is 1. The number of amides is 2. The van der Waals surface area contributed by atoms with Crippen LogP contribution < -0.4 is 5.32 Å². The first kappa shape index (κ1) is 14.0. The van der Waals surface area contributed by atoms with Gasteiger partial charge in [-0.05, 0) is 18.1 Å². The topological polar surface area (TPSA) is 82.5 Å². The van der Waals surface area contributed by atoms with Crippen LogP contribution in [-0.2, 0) is 11.3 Å². The van der Waals surface area contributed by atoms with Crippen molar-refractivity contribution in [1.29, 1.82) is 0 Å². The highest BCUT2D eigenvalue weighted by Crippen LogP contribution is 2.03. The van der Waals surface area contributed by atoms with Crippen LogP contribution in [0.5, 0.6) is 0 Å². The predicted molar refractivity (Wildman–Crippen MR) is 66.0 cm³/mol. The fraction of sp³-hybridized carbons (Fsp3) is 0.417. The summed E-state index contributed by atoms with van der Waals surface area (Å²) in [7, 11) is 1.47. The molecule has 0 aliphatic carbocycles. The first-order valence-electron chi connectivity index (χ1n) is 5.68. The molecular formula is C12H17N3O3. The zero-order valence-corrected chi connectivity index (χ0v) is 10.5. The third-order valence-electron chi connectivity index (χ3n) is 2.63. The van der Waals surface area contributed by atoms with E-state index in [-0.39, 0.29) is 0 Å². The second-order valence-electron chi connectivity index (χ2n) is 3.89. The molecule has 1 aromatic rings. The van der Waals surface area contributed by atoms with E-state index < -0.39 is 18.0 Å². The molecule has 6 heteroatoms. The average molecular weight is 251 g/mol. The van der Waals surface area contributed by atoms with Crippen LogP contribution in [0, 0.1) is 0 Å². The number of carboxylic acid groups (broad SMARTS) is 1. The van der Waals surface area contributed by atoms with E-state index in [4.69, 9.17) is 5.11 Å². The van der Waals surface area contributed by atoms with Gasteiger partial charge in [0.1, 0.15) is 6.04 Å². The van der Waals surface area contributed by atoms with E-state index in [1.807, 2.05) is 6.07 Å². The Labute approximate surface area is 106 Å². The zero-order chi connectivity index (χ0) is 13.5. The van der Waals surface area contributed by atoms with E-state index in [1.54, 1.807) is 25.4 Å². The number of nitrogens with zero attached hydrogens (tertiary/aromatic N) is 2. The molecule has 2 N–H and O–H groups in total. The number of hydrogen-bond acceptors (Lipinski definition) is 3. The molecule has 2 amide bonds. The summed E-state index contributed by atoms with van der Waals surface area (Å²) in [5.74, 6) is -1.00. The summed E-state index contributed by atoms with van der Waals surface area (Å²) in [5.41, 5.74) is 0.864. The molecule has 1 aromatic heterocycles. The van der Waals surface area contributed by atoms with Crippen LogP contribution in [0.3, 0.4) is 0 Å². The molecule has 0 radical (unpaired) electrons. The maximum absolute atomic E-state index is 11.8. The van der Waals surface area contributed by atoms with Crippen LogP contribution in [0.2, 0.25) is 0 Å². The molecule has 0 bridgehead atoms. The first-order valence-corrected chi connectivity index (χ1v) is 5.68. The van der Waals surface area contributed by atoms with Crippen LogP contribution in [0.4, 0.5) is 4.79 Å². The van der Waals surface area contributed by atoms with Crippen molar-refractivity contribution >= 4 is 12.0 Å². The van der Waals surface area contributed by atoms with Gasteiger partial charge in [-0.25, -0.2) is 9.59 Å². The number of rotatable bonds is 5.